The van der Waals surface area contributed by atoms with E-state index in [0.29, 0.717) is 0 Å². The molecular formula is C14H12S2. The molecule has 3 aliphatic rings. The highest BCUT2D eigenvalue weighted by molar-refractivity contribution is 8.12. The molecule has 80 valence electrons. The summed E-state index contributed by atoms with van der Waals surface area (Å²) in [4.78, 5) is 2.83. The second-order valence-corrected chi connectivity index (χ2v) is 5.68. The normalized spacial score (nSPS) is 23.0. The first-order valence-electron chi connectivity index (χ1n) is 5.39. The summed E-state index contributed by atoms with van der Waals surface area (Å²) in [7, 11) is 0. The molecule has 0 aromatic carbocycles. The molecule has 0 N–H and O–H groups in total. The lowest BCUT2D eigenvalue weighted by molar-refractivity contribution is 1.31. The lowest BCUT2D eigenvalue weighted by atomic mass is 10.2. The summed E-state index contributed by atoms with van der Waals surface area (Å²) in [5.41, 5.74) is 2.91. The molecule has 0 amide bonds. The summed E-state index contributed by atoms with van der Waals surface area (Å²) in [6, 6.07) is 0. The molecule has 2 heteroatoms. The van der Waals surface area contributed by atoms with E-state index in [1.807, 2.05) is 11.8 Å². The van der Waals surface area contributed by atoms with Crippen LogP contribution in [-0.2, 0) is 0 Å². The van der Waals surface area contributed by atoms with Gasteiger partial charge in [0.1, 0.15) is 0 Å². The van der Waals surface area contributed by atoms with Crippen LogP contribution in [0.2, 0.25) is 0 Å². The van der Waals surface area contributed by atoms with Crippen molar-refractivity contribution >= 4 is 23.5 Å². The Balaban J connectivity index is 1.74. The molecule has 0 aromatic heterocycles. The number of rotatable bonds is 2. The van der Waals surface area contributed by atoms with Crippen molar-refractivity contribution in [3.63, 3.8) is 0 Å². The number of hydrogen-bond donors (Lipinski definition) is 0. The third-order valence-electron chi connectivity index (χ3n) is 2.75. The van der Waals surface area contributed by atoms with Crippen LogP contribution in [0.25, 0.3) is 0 Å². The van der Waals surface area contributed by atoms with Crippen molar-refractivity contribution in [2.75, 3.05) is 0 Å². The molecule has 0 saturated carbocycles. The minimum atomic E-state index is 1.09. The fourth-order valence-corrected chi connectivity index (χ4v) is 4.00. The van der Waals surface area contributed by atoms with Gasteiger partial charge in [0.25, 0.3) is 0 Å². The van der Waals surface area contributed by atoms with Crippen LogP contribution >= 0.6 is 23.5 Å². The molecular weight excluding hydrogens is 232 g/mol. The highest BCUT2D eigenvalue weighted by atomic mass is 32.2. The van der Waals surface area contributed by atoms with Gasteiger partial charge in [0.05, 0.1) is 0 Å². The van der Waals surface area contributed by atoms with Crippen molar-refractivity contribution in [1.29, 1.82) is 0 Å². The largest absolute Gasteiger partial charge is 0.104 e. The summed E-state index contributed by atoms with van der Waals surface area (Å²) in [6.07, 6.45) is 15.4. The fraction of sp³-hybridized carbons (Fsp3) is 0.143. The Morgan fingerprint density at radius 1 is 0.812 bits per heavy atom. The zero-order chi connectivity index (χ0) is 10.8. The monoisotopic (exact) mass is 244 g/mol. The summed E-state index contributed by atoms with van der Waals surface area (Å²) in [6.45, 7) is 0. The van der Waals surface area contributed by atoms with Gasteiger partial charge in [-0.05, 0) is 34.8 Å². The van der Waals surface area contributed by atoms with Gasteiger partial charge in [-0.15, -0.1) is 11.8 Å². The Bertz CT molecular complexity index is 441. The smallest absolute Gasteiger partial charge is 0.0224 e. The first-order valence-corrected chi connectivity index (χ1v) is 7.15. The maximum absolute atomic E-state index is 2.26. The van der Waals surface area contributed by atoms with E-state index < -0.39 is 0 Å². The number of allylic oxidation sites excluding steroid dienone is 8. The third kappa shape index (κ3) is 2.00. The van der Waals surface area contributed by atoms with Gasteiger partial charge >= 0.3 is 0 Å². The van der Waals surface area contributed by atoms with Crippen molar-refractivity contribution in [2.45, 2.75) is 12.8 Å². The zero-order valence-corrected chi connectivity index (χ0v) is 10.5. The van der Waals surface area contributed by atoms with Crippen molar-refractivity contribution in [2.24, 2.45) is 0 Å². The van der Waals surface area contributed by atoms with Crippen molar-refractivity contribution in [3.05, 3.63) is 68.2 Å². The first kappa shape index (κ1) is 10.3. The van der Waals surface area contributed by atoms with Gasteiger partial charge in [-0.1, -0.05) is 48.2 Å². The Hall–Kier alpha value is -0.860. The van der Waals surface area contributed by atoms with E-state index >= 15 is 0 Å². The van der Waals surface area contributed by atoms with Crippen LogP contribution in [0.15, 0.2) is 68.2 Å². The highest BCUT2D eigenvalue weighted by Gasteiger charge is 2.16. The Morgan fingerprint density at radius 3 is 1.81 bits per heavy atom. The van der Waals surface area contributed by atoms with Crippen molar-refractivity contribution in [1.82, 2.24) is 0 Å². The molecule has 3 rings (SSSR count). The van der Waals surface area contributed by atoms with E-state index in [1.165, 1.54) is 21.0 Å². The maximum atomic E-state index is 2.26. The molecule has 0 nitrogen and oxygen atoms in total. The molecule has 0 radical (unpaired) electrons. The molecule has 1 heterocycles. The summed E-state index contributed by atoms with van der Waals surface area (Å²) < 4.78 is 0. The average Bonchev–Trinajstić information content (AvgIpc) is 3.03. The predicted octanol–water partition coefficient (Wildman–Crippen LogP) is 4.92. The molecule has 16 heavy (non-hydrogen) atoms. The molecule has 0 atom stereocenters. The van der Waals surface area contributed by atoms with E-state index in [4.69, 9.17) is 0 Å². The fourth-order valence-electron chi connectivity index (χ4n) is 1.87. The van der Waals surface area contributed by atoms with Crippen LogP contribution in [0.1, 0.15) is 12.8 Å². The van der Waals surface area contributed by atoms with Crippen LogP contribution in [0.4, 0.5) is 0 Å². The van der Waals surface area contributed by atoms with Crippen LogP contribution < -0.4 is 0 Å². The summed E-state index contributed by atoms with van der Waals surface area (Å²) in [5, 5.41) is 4.52. The Kier molecular flexibility index (Phi) is 2.94. The quantitative estimate of drug-likeness (QED) is 0.676. The van der Waals surface area contributed by atoms with Crippen LogP contribution in [-0.4, -0.2) is 0 Å². The van der Waals surface area contributed by atoms with Gasteiger partial charge in [-0.2, -0.15) is 0 Å². The zero-order valence-electron chi connectivity index (χ0n) is 8.85. The molecule has 0 aromatic rings. The van der Waals surface area contributed by atoms with Gasteiger partial charge in [-0.25, -0.2) is 0 Å². The lowest BCUT2D eigenvalue weighted by Crippen LogP contribution is -1.89. The Labute approximate surface area is 105 Å². The van der Waals surface area contributed by atoms with Gasteiger partial charge in [0.2, 0.25) is 0 Å². The first-order chi connectivity index (χ1) is 7.93. The second kappa shape index (κ2) is 4.56. The predicted molar refractivity (Wildman–Crippen MR) is 75.0 cm³/mol. The van der Waals surface area contributed by atoms with Crippen LogP contribution in [0, 0.1) is 0 Å². The van der Waals surface area contributed by atoms with E-state index in [9.17, 15) is 0 Å². The molecule has 0 fully saturated rings. The molecule has 0 bridgehead atoms. The third-order valence-corrected chi connectivity index (χ3v) is 4.99. The highest BCUT2D eigenvalue weighted by Crippen LogP contribution is 2.44. The maximum Gasteiger partial charge on any atom is 0.0224 e. The van der Waals surface area contributed by atoms with Crippen LogP contribution in [0.3, 0.4) is 0 Å². The van der Waals surface area contributed by atoms with E-state index in [1.54, 1.807) is 11.8 Å². The van der Waals surface area contributed by atoms with Gasteiger partial charge in [0.15, 0.2) is 0 Å². The van der Waals surface area contributed by atoms with Gasteiger partial charge in [-0.3, -0.25) is 0 Å². The standard InChI is InChI=1S/C14H12S2/c1-2-6-11(5-1)13-9-15-10-14(16-13)12-7-3-4-8-12/h1-5,7,9-10H,6,8H2. The lowest BCUT2D eigenvalue weighted by Gasteiger charge is -2.15. The minimum absolute atomic E-state index is 1.09. The number of hydrogen-bond acceptors (Lipinski definition) is 2. The van der Waals surface area contributed by atoms with Gasteiger partial charge in [0, 0.05) is 9.81 Å². The molecule has 1 aliphatic heterocycles. The molecule has 0 saturated heterocycles. The van der Waals surface area contributed by atoms with Gasteiger partial charge < -0.3 is 0 Å². The summed E-state index contributed by atoms with van der Waals surface area (Å²) >= 11 is 3.71. The molecule has 0 spiro atoms. The van der Waals surface area contributed by atoms with E-state index in [-0.39, 0.29) is 0 Å². The van der Waals surface area contributed by atoms with Crippen LogP contribution in [0.5, 0.6) is 0 Å². The Morgan fingerprint density at radius 2 is 1.38 bits per heavy atom. The van der Waals surface area contributed by atoms with Crippen molar-refractivity contribution < 1.29 is 0 Å². The topological polar surface area (TPSA) is 0 Å². The molecule has 0 unspecified atom stereocenters. The number of thioether (sulfide) groups is 2. The minimum Gasteiger partial charge on any atom is -0.104 e. The van der Waals surface area contributed by atoms with Crippen molar-refractivity contribution in [3.8, 4) is 0 Å². The average molecular weight is 244 g/mol. The summed E-state index contributed by atoms with van der Waals surface area (Å²) in [5.74, 6) is 0. The van der Waals surface area contributed by atoms with E-state index in [2.05, 4.69) is 47.3 Å². The second-order valence-electron chi connectivity index (χ2n) is 3.85. The SMILES string of the molecule is C1=CCC(C2=CSC=C(C3=CC=CC3)S2)=C1. The molecule has 2 aliphatic carbocycles. The van der Waals surface area contributed by atoms with E-state index in [0.717, 1.165) is 12.8 Å².